The van der Waals surface area contributed by atoms with Gasteiger partial charge in [0.15, 0.2) is 0 Å². The lowest BCUT2D eigenvalue weighted by Crippen LogP contribution is -2.36. The minimum absolute atomic E-state index is 0.0667. The molecule has 1 saturated carbocycles. The summed E-state index contributed by atoms with van der Waals surface area (Å²) >= 11 is 0. The van der Waals surface area contributed by atoms with Gasteiger partial charge in [0, 0.05) is 19.0 Å². The van der Waals surface area contributed by atoms with Gasteiger partial charge in [0.1, 0.15) is 5.75 Å². The molecule has 1 heterocycles. The van der Waals surface area contributed by atoms with Gasteiger partial charge in [0.25, 0.3) is 0 Å². The third kappa shape index (κ3) is 3.63. The molecular weight excluding hydrogens is 367 g/mol. The van der Waals surface area contributed by atoms with Crippen molar-refractivity contribution < 1.29 is 23.1 Å². The van der Waals surface area contributed by atoms with Crippen LogP contribution >= 0.6 is 0 Å². The van der Waals surface area contributed by atoms with Gasteiger partial charge < -0.3 is 10.0 Å². The van der Waals surface area contributed by atoms with Crippen molar-refractivity contribution in [1.29, 1.82) is 0 Å². The number of halogens is 3. The number of hydrogen-bond donors (Lipinski definition) is 1. The molecule has 1 aliphatic heterocycles. The zero-order valence-electron chi connectivity index (χ0n) is 15.1. The first-order valence-electron chi connectivity index (χ1n) is 9.28. The van der Waals surface area contributed by atoms with Crippen molar-refractivity contribution in [2.24, 2.45) is 5.92 Å². The molecule has 4 rings (SSSR count). The largest absolute Gasteiger partial charge is 0.508 e. The van der Waals surface area contributed by atoms with Crippen molar-refractivity contribution in [3.05, 3.63) is 71.3 Å². The summed E-state index contributed by atoms with van der Waals surface area (Å²) in [6.07, 6.45) is -1.27. The third-order valence-corrected chi connectivity index (χ3v) is 5.53. The Bertz CT molecular complexity index is 918. The molecule has 1 N–H and O–H groups in total. The van der Waals surface area contributed by atoms with Gasteiger partial charge in [-0.15, -0.1) is 0 Å². The Morgan fingerprint density at radius 3 is 2.43 bits per heavy atom. The number of carbonyl (C=O) groups excluding carboxylic acids is 1. The molecule has 1 aliphatic carbocycles. The molecule has 0 saturated heterocycles. The molecule has 146 valence electrons. The average Bonchev–Trinajstić information content (AvgIpc) is 3.48. The number of benzene rings is 2. The van der Waals surface area contributed by atoms with Crippen molar-refractivity contribution in [2.75, 3.05) is 13.1 Å². The van der Waals surface area contributed by atoms with E-state index in [1.54, 1.807) is 23.1 Å². The lowest BCUT2D eigenvalue weighted by molar-refractivity contribution is -0.138. The second-order valence-corrected chi connectivity index (χ2v) is 7.34. The predicted octanol–water partition coefficient (Wildman–Crippen LogP) is 4.83. The smallest absolute Gasteiger partial charge is 0.416 e. The van der Waals surface area contributed by atoms with Crippen molar-refractivity contribution in [3.63, 3.8) is 0 Å². The molecule has 2 atom stereocenters. The Morgan fingerprint density at radius 1 is 1.07 bits per heavy atom. The molecule has 2 aliphatic rings. The van der Waals surface area contributed by atoms with Crippen LogP contribution in [0.25, 0.3) is 5.57 Å². The number of aromatic hydroxyl groups is 1. The molecule has 6 heteroatoms. The molecule has 0 radical (unpaired) electrons. The molecule has 0 bridgehead atoms. The fourth-order valence-electron chi connectivity index (χ4n) is 3.93. The van der Waals surface area contributed by atoms with Crippen LogP contribution in [0.4, 0.5) is 13.2 Å². The number of alkyl halides is 3. The SMILES string of the molecule is O=C([C@@H]1C[C@@H]1c1ccccc1C(F)(F)F)N1CC=C(c2ccc(O)cc2)CC1. The second kappa shape index (κ2) is 7.00. The topological polar surface area (TPSA) is 40.5 Å². The van der Waals surface area contributed by atoms with Gasteiger partial charge >= 0.3 is 6.18 Å². The van der Waals surface area contributed by atoms with Gasteiger partial charge in [-0.1, -0.05) is 36.4 Å². The Balaban J connectivity index is 1.43. The first kappa shape index (κ1) is 18.6. The Morgan fingerprint density at radius 2 is 1.79 bits per heavy atom. The summed E-state index contributed by atoms with van der Waals surface area (Å²) in [7, 11) is 0. The van der Waals surface area contributed by atoms with Crippen LogP contribution in [0.5, 0.6) is 5.75 Å². The lowest BCUT2D eigenvalue weighted by atomic mass is 9.98. The van der Waals surface area contributed by atoms with Crippen LogP contribution in [-0.4, -0.2) is 29.0 Å². The van der Waals surface area contributed by atoms with Crippen molar-refractivity contribution in [2.45, 2.75) is 24.9 Å². The van der Waals surface area contributed by atoms with E-state index in [-0.39, 0.29) is 29.1 Å². The van der Waals surface area contributed by atoms with E-state index in [9.17, 15) is 23.1 Å². The molecule has 3 nitrogen and oxygen atoms in total. The van der Waals surface area contributed by atoms with Crippen LogP contribution in [0.2, 0.25) is 0 Å². The molecule has 1 amide bonds. The molecule has 0 aromatic heterocycles. The maximum absolute atomic E-state index is 13.2. The van der Waals surface area contributed by atoms with Crippen molar-refractivity contribution >= 4 is 11.5 Å². The number of carbonyl (C=O) groups is 1. The maximum Gasteiger partial charge on any atom is 0.416 e. The zero-order valence-corrected chi connectivity index (χ0v) is 15.1. The van der Waals surface area contributed by atoms with Gasteiger partial charge in [-0.3, -0.25) is 4.79 Å². The molecule has 28 heavy (non-hydrogen) atoms. The maximum atomic E-state index is 13.2. The third-order valence-electron chi connectivity index (χ3n) is 5.53. The molecular formula is C22H20F3NO2. The summed E-state index contributed by atoms with van der Waals surface area (Å²) in [4.78, 5) is 14.5. The van der Waals surface area contributed by atoms with Gasteiger partial charge in [0.05, 0.1) is 5.56 Å². The van der Waals surface area contributed by atoms with Crippen molar-refractivity contribution in [1.82, 2.24) is 4.90 Å². The van der Waals surface area contributed by atoms with Crippen LogP contribution in [-0.2, 0) is 11.0 Å². The van der Waals surface area contributed by atoms with E-state index < -0.39 is 11.7 Å². The summed E-state index contributed by atoms with van der Waals surface area (Å²) in [6.45, 7) is 1.01. The van der Waals surface area contributed by atoms with Crippen LogP contribution < -0.4 is 0 Å². The molecule has 0 spiro atoms. The van der Waals surface area contributed by atoms with Gasteiger partial charge in [-0.2, -0.15) is 13.2 Å². The monoisotopic (exact) mass is 387 g/mol. The number of phenolic OH excluding ortho intramolecular Hbond substituents is 1. The predicted molar refractivity (Wildman–Crippen MR) is 99.6 cm³/mol. The fourth-order valence-corrected chi connectivity index (χ4v) is 3.93. The summed E-state index contributed by atoms with van der Waals surface area (Å²) in [5.41, 5.74) is 1.71. The van der Waals surface area contributed by atoms with E-state index in [0.717, 1.165) is 17.2 Å². The number of rotatable bonds is 3. The average molecular weight is 387 g/mol. The van der Waals surface area contributed by atoms with E-state index in [1.165, 1.54) is 12.1 Å². The Kier molecular flexibility index (Phi) is 4.65. The van der Waals surface area contributed by atoms with E-state index >= 15 is 0 Å². The summed E-state index contributed by atoms with van der Waals surface area (Å²) in [5, 5.41) is 9.38. The van der Waals surface area contributed by atoms with E-state index in [1.807, 2.05) is 18.2 Å². The van der Waals surface area contributed by atoms with E-state index in [2.05, 4.69) is 0 Å². The summed E-state index contributed by atoms with van der Waals surface area (Å²) in [5.74, 6) is -0.584. The molecule has 0 unspecified atom stereocenters. The highest BCUT2D eigenvalue weighted by atomic mass is 19.4. The highest BCUT2D eigenvalue weighted by molar-refractivity contribution is 5.84. The van der Waals surface area contributed by atoms with E-state index in [4.69, 9.17) is 0 Å². The number of phenols is 1. The highest BCUT2D eigenvalue weighted by Gasteiger charge is 2.49. The summed E-state index contributed by atoms with van der Waals surface area (Å²) in [6, 6.07) is 12.5. The standard InChI is InChI=1S/C22H20F3NO2/c23-22(24,25)20-4-2-1-3-17(20)18-13-19(18)21(28)26-11-9-15(10-12-26)14-5-7-16(27)8-6-14/h1-9,18-19,27H,10-13H2/t18-,19-/m1/s1. The van der Waals surface area contributed by atoms with Gasteiger partial charge in [0.2, 0.25) is 5.91 Å². The normalized spacial score (nSPS) is 22.0. The fraction of sp³-hybridized carbons (Fsp3) is 0.318. The second-order valence-electron chi connectivity index (χ2n) is 7.34. The molecule has 2 aromatic carbocycles. The van der Waals surface area contributed by atoms with Crippen LogP contribution in [0.1, 0.15) is 35.4 Å². The molecule has 1 fully saturated rings. The van der Waals surface area contributed by atoms with Crippen LogP contribution in [0.15, 0.2) is 54.6 Å². The van der Waals surface area contributed by atoms with Crippen molar-refractivity contribution in [3.8, 4) is 5.75 Å². The van der Waals surface area contributed by atoms with Crippen LogP contribution in [0, 0.1) is 5.92 Å². The number of nitrogens with zero attached hydrogens (tertiary/aromatic N) is 1. The van der Waals surface area contributed by atoms with Crippen LogP contribution in [0.3, 0.4) is 0 Å². The summed E-state index contributed by atoms with van der Waals surface area (Å²) < 4.78 is 39.7. The highest BCUT2D eigenvalue weighted by Crippen LogP contribution is 2.51. The minimum Gasteiger partial charge on any atom is -0.508 e. The lowest BCUT2D eigenvalue weighted by Gasteiger charge is -2.27. The minimum atomic E-state index is -4.40. The number of hydrogen-bond acceptors (Lipinski definition) is 2. The first-order valence-corrected chi connectivity index (χ1v) is 9.28. The van der Waals surface area contributed by atoms with Gasteiger partial charge in [-0.25, -0.2) is 0 Å². The molecule has 2 aromatic rings. The Hall–Kier alpha value is -2.76. The quantitative estimate of drug-likeness (QED) is 0.820. The van der Waals surface area contributed by atoms with Gasteiger partial charge in [-0.05, 0) is 53.7 Å². The number of amides is 1. The zero-order chi connectivity index (χ0) is 19.9. The Labute approximate surface area is 161 Å². The van der Waals surface area contributed by atoms with E-state index in [0.29, 0.717) is 25.9 Å². The first-order chi connectivity index (χ1) is 13.3.